The zero-order valence-electron chi connectivity index (χ0n) is 5.25. The molecule has 2 rings (SSSR count). The molecule has 2 bridgehead atoms. The topological polar surface area (TPSA) is 44.5 Å². The first-order chi connectivity index (χ1) is 4.36. The van der Waals surface area contributed by atoms with E-state index in [0.29, 0.717) is 6.10 Å². The Bertz CT molecular complexity index is 118. The molecule has 0 saturated carbocycles. The van der Waals surface area contributed by atoms with Crippen molar-refractivity contribution in [1.82, 2.24) is 0 Å². The van der Waals surface area contributed by atoms with Crippen molar-refractivity contribution in [3.63, 3.8) is 0 Å². The van der Waals surface area contributed by atoms with Crippen molar-refractivity contribution in [2.45, 2.75) is 31.3 Å². The summed E-state index contributed by atoms with van der Waals surface area (Å²) in [7, 11) is 0. The number of fused-ring (bicyclic) bond motifs is 2. The standard InChI is InChI=1S/C6H11NO2/c7-5-2-1-4-3-8-6(5)9-4/h4-6H,1-3,7H2/t4?,5?,6-/m0/s1. The van der Waals surface area contributed by atoms with Gasteiger partial charge in [-0.2, -0.15) is 0 Å². The Morgan fingerprint density at radius 3 is 3.00 bits per heavy atom. The van der Waals surface area contributed by atoms with Gasteiger partial charge in [0.05, 0.1) is 18.8 Å². The van der Waals surface area contributed by atoms with Crippen LogP contribution in [-0.4, -0.2) is 25.0 Å². The summed E-state index contributed by atoms with van der Waals surface area (Å²) in [5.74, 6) is 0. The van der Waals surface area contributed by atoms with Crippen LogP contribution in [0.2, 0.25) is 0 Å². The van der Waals surface area contributed by atoms with Crippen LogP contribution in [0.25, 0.3) is 0 Å². The Morgan fingerprint density at radius 1 is 1.33 bits per heavy atom. The maximum Gasteiger partial charge on any atom is 0.173 e. The summed E-state index contributed by atoms with van der Waals surface area (Å²) in [5, 5.41) is 0. The zero-order chi connectivity index (χ0) is 6.27. The van der Waals surface area contributed by atoms with Gasteiger partial charge >= 0.3 is 0 Å². The van der Waals surface area contributed by atoms with Crippen LogP contribution in [0.1, 0.15) is 12.8 Å². The number of nitrogens with two attached hydrogens (primary N) is 1. The van der Waals surface area contributed by atoms with Gasteiger partial charge in [-0.25, -0.2) is 0 Å². The van der Waals surface area contributed by atoms with Crippen molar-refractivity contribution in [2.24, 2.45) is 5.73 Å². The first-order valence-corrected chi connectivity index (χ1v) is 3.39. The average Bonchev–Trinajstić information content (AvgIpc) is 2.25. The lowest BCUT2D eigenvalue weighted by Gasteiger charge is -2.23. The molecule has 2 heterocycles. The second kappa shape index (κ2) is 1.94. The predicted molar refractivity (Wildman–Crippen MR) is 31.8 cm³/mol. The van der Waals surface area contributed by atoms with Crippen LogP contribution < -0.4 is 5.73 Å². The minimum atomic E-state index is -0.0938. The fourth-order valence-corrected chi connectivity index (χ4v) is 1.36. The molecule has 2 fully saturated rings. The fourth-order valence-electron chi connectivity index (χ4n) is 1.36. The van der Waals surface area contributed by atoms with Gasteiger partial charge in [-0.1, -0.05) is 0 Å². The molecule has 2 aliphatic heterocycles. The van der Waals surface area contributed by atoms with Crippen molar-refractivity contribution in [3.05, 3.63) is 0 Å². The molecule has 0 aromatic heterocycles. The highest BCUT2D eigenvalue weighted by Gasteiger charge is 2.35. The molecule has 9 heavy (non-hydrogen) atoms. The highest BCUT2D eigenvalue weighted by atomic mass is 16.7. The van der Waals surface area contributed by atoms with Crippen LogP contribution in [0.4, 0.5) is 0 Å². The monoisotopic (exact) mass is 129 g/mol. The summed E-state index contributed by atoms with van der Waals surface area (Å²) in [5.41, 5.74) is 5.67. The molecule has 0 aromatic rings. The Balaban J connectivity index is 2.05. The van der Waals surface area contributed by atoms with Gasteiger partial charge in [-0.15, -0.1) is 0 Å². The molecule has 2 N–H and O–H groups in total. The molecule has 2 unspecified atom stereocenters. The van der Waals surface area contributed by atoms with Crippen LogP contribution >= 0.6 is 0 Å². The van der Waals surface area contributed by atoms with Gasteiger partial charge in [0.1, 0.15) is 0 Å². The van der Waals surface area contributed by atoms with Gasteiger partial charge in [-0.05, 0) is 12.8 Å². The molecule has 0 amide bonds. The summed E-state index contributed by atoms with van der Waals surface area (Å²) >= 11 is 0. The molecule has 2 aliphatic rings. The van der Waals surface area contributed by atoms with E-state index in [2.05, 4.69) is 0 Å². The highest BCUT2D eigenvalue weighted by Crippen LogP contribution is 2.25. The summed E-state index contributed by atoms with van der Waals surface area (Å²) in [6, 6.07) is 0.115. The van der Waals surface area contributed by atoms with Gasteiger partial charge in [0.2, 0.25) is 0 Å². The lowest BCUT2D eigenvalue weighted by Crippen LogP contribution is -2.39. The van der Waals surface area contributed by atoms with Crippen LogP contribution in [0.15, 0.2) is 0 Å². The first kappa shape index (κ1) is 5.65. The summed E-state index contributed by atoms with van der Waals surface area (Å²) in [6.45, 7) is 0.748. The SMILES string of the molecule is NC1CCC2CO[C@H]1O2. The van der Waals surface area contributed by atoms with E-state index in [1.165, 1.54) is 0 Å². The Labute approximate surface area is 54.1 Å². The molecular weight excluding hydrogens is 118 g/mol. The average molecular weight is 129 g/mol. The van der Waals surface area contributed by atoms with Gasteiger partial charge in [0.15, 0.2) is 6.29 Å². The maximum absolute atomic E-state index is 5.67. The largest absolute Gasteiger partial charge is 0.348 e. The van der Waals surface area contributed by atoms with E-state index in [0.717, 1.165) is 19.4 Å². The number of hydrogen-bond acceptors (Lipinski definition) is 3. The lowest BCUT2D eigenvalue weighted by molar-refractivity contribution is -0.0942. The smallest absolute Gasteiger partial charge is 0.173 e. The first-order valence-electron chi connectivity index (χ1n) is 3.39. The fraction of sp³-hybridized carbons (Fsp3) is 1.00. The van der Waals surface area contributed by atoms with E-state index in [4.69, 9.17) is 15.2 Å². The molecule has 3 heteroatoms. The second-order valence-corrected chi connectivity index (χ2v) is 2.70. The van der Waals surface area contributed by atoms with Gasteiger partial charge < -0.3 is 15.2 Å². The maximum atomic E-state index is 5.67. The third-order valence-electron chi connectivity index (χ3n) is 1.94. The third-order valence-corrected chi connectivity index (χ3v) is 1.94. The number of ether oxygens (including phenoxy) is 2. The van der Waals surface area contributed by atoms with E-state index in [9.17, 15) is 0 Å². The molecule has 3 nitrogen and oxygen atoms in total. The van der Waals surface area contributed by atoms with Gasteiger partial charge in [0.25, 0.3) is 0 Å². The van der Waals surface area contributed by atoms with Crippen LogP contribution in [-0.2, 0) is 9.47 Å². The van der Waals surface area contributed by atoms with Crippen molar-refractivity contribution in [3.8, 4) is 0 Å². The molecule has 0 radical (unpaired) electrons. The normalized spacial score (nSPS) is 49.7. The quantitative estimate of drug-likeness (QED) is 0.494. The number of rotatable bonds is 0. The Hall–Kier alpha value is -0.120. The van der Waals surface area contributed by atoms with Gasteiger partial charge in [-0.3, -0.25) is 0 Å². The van der Waals surface area contributed by atoms with Crippen molar-refractivity contribution in [2.75, 3.05) is 6.61 Å². The highest BCUT2D eigenvalue weighted by molar-refractivity contribution is 4.80. The van der Waals surface area contributed by atoms with Gasteiger partial charge in [0, 0.05) is 0 Å². The van der Waals surface area contributed by atoms with E-state index in [1.54, 1.807) is 0 Å². The van der Waals surface area contributed by atoms with Crippen LogP contribution in [0.3, 0.4) is 0 Å². The summed E-state index contributed by atoms with van der Waals surface area (Å²) in [6.07, 6.45) is 2.37. The summed E-state index contributed by atoms with van der Waals surface area (Å²) < 4.78 is 10.6. The Morgan fingerprint density at radius 2 is 2.22 bits per heavy atom. The molecule has 0 spiro atoms. The molecular formula is C6H11NO2. The van der Waals surface area contributed by atoms with E-state index in [1.807, 2.05) is 0 Å². The Kier molecular flexibility index (Phi) is 1.22. The van der Waals surface area contributed by atoms with E-state index < -0.39 is 0 Å². The number of hydrogen-bond donors (Lipinski definition) is 1. The van der Waals surface area contributed by atoms with E-state index in [-0.39, 0.29) is 12.3 Å². The minimum absolute atomic E-state index is 0.0938. The van der Waals surface area contributed by atoms with Crippen molar-refractivity contribution < 1.29 is 9.47 Å². The molecule has 52 valence electrons. The van der Waals surface area contributed by atoms with Crippen molar-refractivity contribution >= 4 is 0 Å². The summed E-state index contributed by atoms with van der Waals surface area (Å²) in [4.78, 5) is 0. The molecule has 2 saturated heterocycles. The van der Waals surface area contributed by atoms with Crippen molar-refractivity contribution in [1.29, 1.82) is 0 Å². The molecule has 0 aliphatic carbocycles. The molecule has 0 aromatic carbocycles. The third kappa shape index (κ3) is 0.852. The lowest BCUT2D eigenvalue weighted by atomic mass is 10.1. The van der Waals surface area contributed by atoms with Crippen LogP contribution in [0.5, 0.6) is 0 Å². The minimum Gasteiger partial charge on any atom is -0.348 e. The predicted octanol–water partition coefficient (Wildman–Crippen LogP) is -0.151. The van der Waals surface area contributed by atoms with Crippen LogP contribution in [0, 0.1) is 0 Å². The second-order valence-electron chi connectivity index (χ2n) is 2.70. The zero-order valence-corrected chi connectivity index (χ0v) is 5.25. The molecule has 3 atom stereocenters. The van der Waals surface area contributed by atoms with E-state index >= 15 is 0 Å².